The van der Waals surface area contributed by atoms with Crippen molar-refractivity contribution in [3.63, 3.8) is 0 Å². The second-order valence-corrected chi connectivity index (χ2v) is 9.30. The summed E-state index contributed by atoms with van der Waals surface area (Å²) in [5, 5.41) is 1.98. The normalized spacial score (nSPS) is 22.0. The number of para-hydroxylation sites is 1. The van der Waals surface area contributed by atoms with Crippen LogP contribution < -0.4 is 4.90 Å². The smallest absolute Gasteiger partial charge is 0.268 e. The number of likely N-dealkylation sites (tertiary alicyclic amines) is 1. The van der Waals surface area contributed by atoms with Gasteiger partial charge in [0.2, 0.25) is 0 Å². The molecular weight excluding hydrogens is 388 g/mol. The van der Waals surface area contributed by atoms with Gasteiger partial charge in [0.25, 0.3) is 5.91 Å². The summed E-state index contributed by atoms with van der Waals surface area (Å²) >= 11 is 1.52. The van der Waals surface area contributed by atoms with Crippen molar-refractivity contribution in [1.82, 2.24) is 4.90 Å². The quantitative estimate of drug-likeness (QED) is 0.510. The van der Waals surface area contributed by atoms with Crippen molar-refractivity contribution in [2.45, 2.75) is 38.8 Å². The van der Waals surface area contributed by atoms with E-state index in [1.54, 1.807) is 0 Å². The van der Waals surface area contributed by atoms with Gasteiger partial charge < -0.3 is 4.90 Å². The van der Waals surface area contributed by atoms with Crippen LogP contribution in [0.5, 0.6) is 0 Å². The zero-order valence-electron chi connectivity index (χ0n) is 17.8. The second kappa shape index (κ2) is 9.59. The Hall–Kier alpha value is -2.43. The van der Waals surface area contributed by atoms with E-state index in [1.165, 1.54) is 16.9 Å². The summed E-state index contributed by atoms with van der Waals surface area (Å²) in [5.41, 5.74) is 2.39. The summed E-state index contributed by atoms with van der Waals surface area (Å²) in [4.78, 5) is 18.9. The van der Waals surface area contributed by atoms with E-state index in [0.717, 1.165) is 36.5 Å². The number of hydrogen-bond acceptors (Lipinski definition) is 3. The molecule has 0 saturated carbocycles. The highest BCUT2D eigenvalue weighted by molar-refractivity contribution is 7.12. The first-order valence-electron chi connectivity index (χ1n) is 10.8. The fourth-order valence-corrected chi connectivity index (χ4v) is 5.22. The van der Waals surface area contributed by atoms with Crippen molar-refractivity contribution in [2.24, 2.45) is 5.92 Å². The highest BCUT2D eigenvalue weighted by Gasteiger charge is 2.37. The molecule has 3 unspecified atom stereocenters. The first-order valence-corrected chi connectivity index (χ1v) is 11.7. The van der Waals surface area contributed by atoms with Crippen molar-refractivity contribution in [2.75, 3.05) is 18.0 Å². The van der Waals surface area contributed by atoms with Crippen molar-refractivity contribution < 1.29 is 4.79 Å². The minimum atomic E-state index is 0.123. The van der Waals surface area contributed by atoms with Crippen molar-refractivity contribution >= 4 is 22.9 Å². The molecule has 2 heterocycles. The van der Waals surface area contributed by atoms with Crippen molar-refractivity contribution in [1.29, 1.82) is 0 Å². The molecule has 1 aromatic heterocycles. The molecule has 1 fully saturated rings. The highest BCUT2D eigenvalue weighted by atomic mass is 32.1. The van der Waals surface area contributed by atoms with E-state index in [1.807, 2.05) is 35.7 Å². The van der Waals surface area contributed by atoms with Gasteiger partial charge in [-0.2, -0.15) is 0 Å². The van der Waals surface area contributed by atoms with Crippen LogP contribution in [0.1, 0.15) is 35.5 Å². The van der Waals surface area contributed by atoms with Gasteiger partial charge in [-0.25, -0.2) is 0 Å². The summed E-state index contributed by atoms with van der Waals surface area (Å²) in [6.45, 7) is 6.68. The zero-order valence-corrected chi connectivity index (χ0v) is 18.6. The molecule has 0 N–H and O–H groups in total. The lowest BCUT2D eigenvalue weighted by molar-refractivity contribution is 0.0857. The van der Waals surface area contributed by atoms with Crippen LogP contribution >= 0.6 is 11.3 Å². The SMILES string of the molecule is CC1CN(CCc2ccccc2)C(C)CC1N(C(=O)c1cccs1)c1ccccc1. The van der Waals surface area contributed by atoms with Gasteiger partial charge in [0.1, 0.15) is 0 Å². The maximum atomic E-state index is 13.5. The molecule has 156 valence electrons. The number of anilines is 1. The summed E-state index contributed by atoms with van der Waals surface area (Å²) in [5.74, 6) is 0.527. The van der Waals surface area contributed by atoms with Gasteiger partial charge in [-0.3, -0.25) is 9.69 Å². The molecule has 30 heavy (non-hydrogen) atoms. The Labute approximate surface area is 184 Å². The van der Waals surface area contributed by atoms with Crippen molar-refractivity contribution in [3.05, 3.63) is 88.6 Å². The Morgan fingerprint density at radius 1 is 1.00 bits per heavy atom. The summed E-state index contributed by atoms with van der Waals surface area (Å²) < 4.78 is 0. The molecule has 4 heteroatoms. The molecule has 1 amide bonds. The molecule has 3 aromatic rings. The molecule has 0 aliphatic carbocycles. The maximum absolute atomic E-state index is 13.5. The number of hydrogen-bond donors (Lipinski definition) is 0. The van der Waals surface area contributed by atoms with Gasteiger partial charge in [-0.1, -0.05) is 61.5 Å². The first kappa shape index (κ1) is 20.8. The topological polar surface area (TPSA) is 23.6 Å². The minimum Gasteiger partial charge on any atom is -0.304 e. The third-order valence-corrected chi connectivity index (χ3v) is 7.09. The molecule has 4 rings (SSSR count). The summed E-state index contributed by atoms with van der Waals surface area (Å²) in [6, 6.07) is 25.4. The van der Waals surface area contributed by atoms with E-state index < -0.39 is 0 Å². The number of carbonyl (C=O) groups excluding carboxylic acids is 1. The molecule has 1 aliphatic heterocycles. The number of amides is 1. The van der Waals surface area contributed by atoms with Gasteiger partial charge in [-0.05, 0) is 54.8 Å². The lowest BCUT2D eigenvalue weighted by atomic mass is 9.87. The minimum absolute atomic E-state index is 0.123. The molecular formula is C26H30N2OS. The number of rotatable bonds is 6. The van der Waals surface area contributed by atoms with E-state index in [0.29, 0.717) is 12.0 Å². The Morgan fingerprint density at radius 2 is 1.70 bits per heavy atom. The van der Waals surface area contributed by atoms with E-state index >= 15 is 0 Å². The maximum Gasteiger partial charge on any atom is 0.268 e. The average molecular weight is 419 g/mol. The monoisotopic (exact) mass is 418 g/mol. The standard InChI is InChI=1S/C26H30N2OS/c1-20-19-27(16-15-22-10-5-3-6-11-22)21(2)18-24(20)28(23-12-7-4-8-13-23)26(29)25-14-9-17-30-25/h3-14,17,20-21,24H,15-16,18-19H2,1-2H3. The zero-order chi connectivity index (χ0) is 20.9. The molecule has 0 radical (unpaired) electrons. The first-order chi connectivity index (χ1) is 14.6. The van der Waals surface area contributed by atoms with Crippen LogP contribution in [-0.2, 0) is 6.42 Å². The lowest BCUT2D eigenvalue weighted by Crippen LogP contribution is -2.55. The Balaban J connectivity index is 1.51. The molecule has 1 aliphatic rings. The Kier molecular flexibility index (Phi) is 6.66. The van der Waals surface area contributed by atoms with Crippen LogP contribution in [0.15, 0.2) is 78.2 Å². The molecule has 2 aromatic carbocycles. The van der Waals surface area contributed by atoms with Crippen LogP contribution in [0.2, 0.25) is 0 Å². The second-order valence-electron chi connectivity index (χ2n) is 8.35. The summed E-state index contributed by atoms with van der Waals surface area (Å²) in [7, 11) is 0. The van der Waals surface area contributed by atoms with Crippen LogP contribution in [0.3, 0.4) is 0 Å². The van der Waals surface area contributed by atoms with Gasteiger partial charge in [0.15, 0.2) is 0 Å². The predicted octanol–water partition coefficient (Wildman–Crippen LogP) is 5.74. The van der Waals surface area contributed by atoms with Crippen LogP contribution in [0.4, 0.5) is 5.69 Å². The van der Waals surface area contributed by atoms with E-state index in [9.17, 15) is 4.79 Å². The van der Waals surface area contributed by atoms with Gasteiger partial charge in [0, 0.05) is 30.9 Å². The van der Waals surface area contributed by atoms with Crippen LogP contribution in [-0.4, -0.2) is 36.0 Å². The Bertz CT molecular complexity index is 926. The van der Waals surface area contributed by atoms with E-state index in [4.69, 9.17) is 0 Å². The number of benzene rings is 2. The third-order valence-electron chi connectivity index (χ3n) is 6.23. The molecule has 1 saturated heterocycles. The lowest BCUT2D eigenvalue weighted by Gasteiger charge is -2.46. The molecule has 0 spiro atoms. The number of carbonyl (C=O) groups is 1. The fourth-order valence-electron chi connectivity index (χ4n) is 4.56. The van der Waals surface area contributed by atoms with Crippen molar-refractivity contribution in [3.8, 4) is 0 Å². The Morgan fingerprint density at radius 3 is 2.37 bits per heavy atom. The third kappa shape index (κ3) is 4.66. The van der Waals surface area contributed by atoms with Gasteiger partial charge >= 0.3 is 0 Å². The molecule has 3 nitrogen and oxygen atoms in total. The van der Waals surface area contributed by atoms with Crippen LogP contribution in [0.25, 0.3) is 0 Å². The largest absolute Gasteiger partial charge is 0.304 e. The van der Waals surface area contributed by atoms with E-state index in [2.05, 4.69) is 66.1 Å². The highest BCUT2D eigenvalue weighted by Crippen LogP contribution is 2.32. The average Bonchev–Trinajstić information content (AvgIpc) is 3.31. The fraction of sp³-hybridized carbons (Fsp3) is 0.346. The number of nitrogens with zero attached hydrogens (tertiary/aromatic N) is 2. The van der Waals surface area contributed by atoms with E-state index in [-0.39, 0.29) is 11.9 Å². The molecule has 3 atom stereocenters. The van der Waals surface area contributed by atoms with Crippen LogP contribution in [0, 0.1) is 5.92 Å². The van der Waals surface area contributed by atoms with Gasteiger partial charge in [0.05, 0.1) is 4.88 Å². The molecule has 0 bridgehead atoms. The van der Waals surface area contributed by atoms with Gasteiger partial charge in [-0.15, -0.1) is 11.3 Å². The number of piperidine rings is 1. The number of thiophene rings is 1. The summed E-state index contributed by atoms with van der Waals surface area (Å²) in [6.07, 6.45) is 2.06. The predicted molar refractivity (Wildman–Crippen MR) is 126 cm³/mol.